The van der Waals surface area contributed by atoms with Crippen LogP contribution in [0.2, 0.25) is 0 Å². The van der Waals surface area contributed by atoms with Gasteiger partial charge in [0.25, 0.3) is 0 Å². The maximum atomic E-state index is 12.2. The molecule has 0 radical (unpaired) electrons. The van der Waals surface area contributed by atoms with Crippen molar-refractivity contribution in [2.24, 2.45) is 0 Å². The van der Waals surface area contributed by atoms with Crippen LogP contribution in [-0.2, 0) is 13.8 Å². The first kappa shape index (κ1) is 14.6. The van der Waals surface area contributed by atoms with E-state index >= 15 is 0 Å². The van der Waals surface area contributed by atoms with Crippen molar-refractivity contribution in [1.29, 1.82) is 0 Å². The van der Waals surface area contributed by atoms with E-state index in [9.17, 15) is 4.79 Å². The summed E-state index contributed by atoms with van der Waals surface area (Å²) in [5.41, 5.74) is -1.56. The van der Waals surface area contributed by atoms with Gasteiger partial charge in [0.2, 0.25) is 0 Å². The molecule has 0 amide bonds. The Morgan fingerprint density at radius 1 is 1.10 bits per heavy atom. The minimum atomic E-state index is -4.55. The van der Waals surface area contributed by atoms with Crippen LogP contribution in [0.4, 0.5) is 0 Å². The first-order valence-corrected chi connectivity index (χ1v) is 9.05. The summed E-state index contributed by atoms with van der Waals surface area (Å²) in [6.45, 7) is 9.00. The summed E-state index contributed by atoms with van der Waals surface area (Å²) in [5.74, 6) is 0.564. The zero-order chi connectivity index (χ0) is 15.5. The summed E-state index contributed by atoms with van der Waals surface area (Å²) >= 11 is 0. The van der Waals surface area contributed by atoms with Gasteiger partial charge in [-0.3, -0.25) is 0 Å². The molecule has 118 valence electrons. The van der Waals surface area contributed by atoms with Gasteiger partial charge >= 0.3 is 123 Å². The van der Waals surface area contributed by atoms with Crippen LogP contribution in [0.3, 0.4) is 0 Å². The molecular formula is C14H21NO5P-. The van der Waals surface area contributed by atoms with Crippen LogP contribution < -0.4 is 14.1 Å². The van der Waals surface area contributed by atoms with E-state index < -0.39 is 24.8 Å². The molecule has 1 fully saturated rings. The van der Waals surface area contributed by atoms with Gasteiger partial charge in [0.05, 0.1) is 0 Å². The number of para-hydroxylation sites is 2. The van der Waals surface area contributed by atoms with Gasteiger partial charge in [-0.25, -0.2) is 0 Å². The average molecular weight is 314 g/mol. The zero-order valence-electron chi connectivity index (χ0n) is 12.9. The molecule has 21 heavy (non-hydrogen) atoms. The second kappa shape index (κ2) is 3.88. The SMILES string of the molecule is CC(C)(C)O[PH-]12(NC(C)(C)C(=O)O1)Oc1ccccc1O2. The molecule has 6 nitrogen and oxygen atoms in total. The van der Waals surface area contributed by atoms with E-state index in [-0.39, 0.29) is 0 Å². The fourth-order valence-electron chi connectivity index (χ4n) is 2.60. The van der Waals surface area contributed by atoms with Crippen LogP contribution in [0, 0.1) is 0 Å². The van der Waals surface area contributed by atoms with Crippen molar-refractivity contribution in [1.82, 2.24) is 5.09 Å². The Kier molecular flexibility index (Phi) is 2.70. The Bertz CT molecular complexity index is 597. The van der Waals surface area contributed by atoms with Gasteiger partial charge in [0, 0.05) is 0 Å². The summed E-state index contributed by atoms with van der Waals surface area (Å²) in [5, 5.41) is 3.09. The molecule has 1 saturated heterocycles. The predicted octanol–water partition coefficient (Wildman–Crippen LogP) is 3.06. The number of fused-ring (bicyclic) bond motifs is 1. The zero-order valence-corrected chi connectivity index (χ0v) is 13.9. The van der Waals surface area contributed by atoms with Crippen LogP contribution in [0.1, 0.15) is 34.6 Å². The molecule has 1 aromatic carbocycles. The first-order valence-electron chi connectivity index (χ1n) is 6.91. The van der Waals surface area contributed by atoms with Gasteiger partial charge in [0.1, 0.15) is 0 Å². The molecule has 7 heteroatoms. The number of carbonyl (C=O) groups excluding carboxylic acids is 1. The third kappa shape index (κ3) is 2.27. The van der Waals surface area contributed by atoms with E-state index in [2.05, 4.69) is 5.09 Å². The van der Waals surface area contributed by atoms with Gasteiger partial charge in [-0.05, 0) is 0 Å². The van der Waals surface area contributed by atoms with Gasteiger partial charge in [-0.1, -0.05) is 0 Å². The van der Waals surface area contributed by atoms with E-state index in [1.165, 1.54) is 0 Å². The van der Waals surface area contributed by atoms with Crippen LogP contribution in [-0.4, -0.2) is 17.1 Å². The predicted molar refractivity (Wildman–Crippen MR) is 80.2 cm³/mol. The molecule has 2 aliphatic heterocycles. The second-order valence-electron chi connectivity index (χ2n) is 6.91. The summed E-state index contributed by atoms with van der Waals surface area (Å²) in [6, 6.07) is 7.17. The average Bonchev–Trinajstić information content (AvgIpc) is 2.67. The topological polar surface area (TPSA) is 66.0 Å². The number of hydrogen-bond donors (Lipinski definition) is 1. The molecule has 0 saturated carbocycles. The number of carbonyl (C=O) groups is 1. The molecule has 0 bridgehead atoms. The van der Waals surface area contributed by atoms with E-state index in [1.54, 1.807) is 26.0 Å². The van der Waals surface area contributed by atoms with E-state index in [1.807, 2.05) is 32.9 Å². The molecule has 2 heterocycles. The van der Waals surface area contributed by atoms with Crippen molar-refractivity contribution in [2.45, 2.75) is 45.8 Å². The van der Waals surface area contributed by atoms with Gasteiger partial charge in [0.15, 0.2) is 0 Å². The fourth-order valence-corrected chi connectivity index (χ4v) is 6.91. The van der Waals surface area contributed by atoms with Crippen molar-refractivity contribution >= 4 is 13.6 Å². The molecule has 3 rings (SSSR count). The van der Waals surface area contributed by atoms with E-state index in [0.717, 1.165) is 0 Å². The Labute approximate surface area is 124 Å². The van der Waals surface area contributed by atoms with Crippen molar-refractivity contribution in [3.05, 3.63) is 24.3 Å². The molecule has 1 aromatic rings. The van der Waals surface area contributed by atoms with Gasteiger partial charge in [-0.2, -0.15) is 0 Å². The van der Waals surface area contributed by atoms with Gasteiger partial charge < -0.3 is 0 Å². The summed E-state index contributed by atoms with van der Waals surface area (Å²) in [4.78, 5) is 12.2. The quantitative estimate of drug-likeness (QED) is 0.804. The minimum absolute atomic E-state index is 0.451. The Morgan fingerprint density at radius 2 is 1.62 bits per heavy atom. The maximum absolute atomic E-state index is 12.2. The second-order valence-corrected chi connectivity index (χ2v) is 9.80. The molecule has 0 aromatic heterocycles. The number of benzene rings is 1. The number of rotatable bonds is 1. The van der Waals surface area contributed by atoms with E-state index in [4.69, 9.17) is 18.1 Å². The third-order valence-corrected chi connectivity index (χ3v) is 6.88. The molecule has 0 aliphatic carbocycles. The third-order valence-electron chi connectivity index (χ3n) is 3.20. The van der Waals surface area contributed by atoms with Crippen LogP contribution in [0.5, 0.6) is 11.5 Å². The standard InChI is InChI=1S/C14H21NO5P/c1-13(2,3)20-21(15-14(4,5)12(16)19-21)17-10-8-6-7-9-11(10)18-21/h6-9,15,21H,1-5H3/q-1. The fraction of sp³-hybridized carbons (Fsp3) is 0.500. The number of hydrogen-bond acceptors (Lipinski definition) is 6. The van der Waals surface area contributed by atoms with Crippen LogP contribution >= 0.6 is 7.66 Å². The van der Waals surface area contributed by atoms with Crippen molar-refractivity contribution in [2.75, 3.05) is 0 Å². The van der Waals surface area contributed by atoms with Crippen molar-refractivity contribution < 1.29 is 22.9 Å². The summed E-state index contributed by atoms with van der Waals surface area (Å²) in [7, 11) is -4.55. The molecule has 1 N–H and O–H groups in total. The molecular weight excluding hydrogens is 293 g/mol. The van der Waals surface area contributed by atoms with Crippen LogP contribution in [0.15, 0.2) is 24.3 Å². The normalized spacial score (nSPS) is 26.1. The molecule has 1 spiro atoms. The monoisotopic (exact) mass is 314 g/mol. The van der Waals surface area contributed by atoms with E-state index in [0.29, 0.717) is 11.5 Å². The Balaban J connectivity index is 2.10. The molecule has 2 aliphatic rings. The van der Waals surface area contributed by atoms with Crippen LogP contribution in [0.25, 0.3) is 0 Å². The molecule has 0 atom stereocenters. The van der Waals surface area contributed by atoms with Gasteiger partial charge in [-0.15, -0.1) is 0 Å². The Hall–Kier alpha value is -1.36. The number of nitrogens with one attached hydrogen (secondary N) is 1. The van der Waals surface area contributed by atoms with Crippen molar-refractivity contribution in [3.63, 3.8) is 0 Å². The Morgan fingerprint density at radius 3 is 2.00 bits per heavy atom. The molecule has 0 unspecified atom stereocenters. The summed E-state index contributed by atoms with van der Waals surface area (Å²) in [6.07, 6.45) is 0. The van der Waals surface area contributed by atoms with Crippen molar-refractivity contribution in [3.8, 4) is 11.5 Å². The first-order chi connectivity index (χ1) is 9.53. The summed E-state index contributed by atoms with van der Waals surface area (Å²) < 4.78 is 23.6.